The Morgan fingerprint density at radius 3 is 2.88 bits per heavy atom. The summed E-state index contributed by atoms with van der Waals surface area (Å²) >= 11 is 3.27. The van der Waals surface area contributed by atoms with Gasteiger partial charge in [0.25, 0.3) is 0 Å². The molecule has 1 aliphatic carbocycles. The second-order valence-corrected chi connectivity index (χ2v) is 5.02. The molecule has 0 heterocycles. The van der Waals surface area contributed by atoms with Crippen LogP contribution in [-0.2, 0) is 9.53 Å². The maximum Gasteiger partial charge on any atom is 0.328 e. The topological polar surface area (TPSA) is 38.3 Å². The van der Waals surface area contributed by atoms with Gasteiger partial charge in [0.2, 0.25) is 0 Å². The number of rotatable bonds is 4. The van der Waals surface area contributed by atoms with Crippen LogP contribution < -0.4 is 5.32 Å². The summed E-state index contributed by atoms with van der Waals surface area (Å²) in [6.07, 6.45) is 1.95. The van der Waals surface area contributed by atoms with E-state index in [1.807, 2.05) is 0 Å². The number of methoxy groups -OCH3 is 1. The monoisotopic (exact) mass is 301 g/mol. The molecule has 5 heteroatoms. The third-order valence-corrected chi connectivity index (χ3v) is 3.28. The van der Waals surface area contributed by atoms with Crippen LogP contribution in [0.4, 0.5) is 10.1 Å². The molecular formula is C12H13BrFNO2. The minimum Gasteiger partial charge on any atom is -0.467 e. The van der Waals surface area contributed by atoms with Crippen molar-refractivity contribution in [3.63, 3.8) is 0 Å². The summed E-state index contributed by atoms with van der Waals surface area (Å²) in [5.74, 6) is -0.463. The molecule has 1 N–H and O–H groups in total. The normalized spacial score (nSPS) is 16.4. The van der Waals surface area contributed by atoms with Crippen molar-refractivity contribution in [3.8, 4) is 0 Å². The van der Waals surface area contributed by atoms with E-state index in [1.54, 1.807) is 12.1 Å². The zero-order valence-corrected chi connectivity index (χ0v) is 11.0. The van der Waals surface area contributed by atoms with Crippen LogP contribution >= 0.6 is 15.9 Å². The van der Waals surface area contributed by atoms with E-state index in [2.05, 4.69) is 21.2 Å². The van der Waals surface area contributed by atoms with Crippen molar-refractivity contribution in [1.82, 2.24) is 0 Å². The smallest absolute Gasteiger partial charge is 0.328 e. The van der Waals surface area contributed by atoms with Crippen LogP contribution in [0.15, 0.2) is 22.7 Å². The number of carbonyl (C=O) groups excluding carboxylic acids is 1. The Bertz CT molecular complexity index is 435. The van der Waals surface area contributed by atoms with E-state index in [4.69, 9.17) is 4.74 Å². The highest BCUT2D eigenvalue weighted by Gasteiger charge is 2.37. The number of nitrogens with one attached hydrogen (secondary N) is 1. The summed E-state index contributed by atoms with van der Waals surface area (Å²) in [5.41, 5.74) is 0.321. The van der Waals surface area contributed by atoms with Crippen molar-refractivity contribution in [1.29, 1.82) is 0 Å². The van der Waals surface area contributed by atoms with Crippen LogP contribution in [0.3, 0.4) is 0 Å². The van der Waals surface area contributed by atoms with Crippen molar-refractivity contribution in [2.75, 3.05) is 12.4 Å². The minimum absolute atomic E-state index is 0.251. The molecule has 92 valence electrons. The molecule has 1 saturated carbocycles. The van der Waals surface area contributed by atoms with Gasteiger partial charge in [-0.15, -0.1) is 0 Å². The van der Waals surface area contributed by atoms with E-state index in [0.29, 0.717) is 5.69 Å². The highest BCUT2D eigenvalue weighted by molar-refractivity contribution is 9.10. The van der Waals surface area contributed by atoms with Gasteiger partial charge in [0.1, 0.15) is 11.9 Å². The van der Waals surface area contributed by atoms with Crippen molar-refractivity contribution >= 4 is 27.6 Å². The molecule has 1 fully saturated rings. The van der Waals surface area contributed by atoms with Crippen molar-refractivity contribution in [2.45, 2.75) is 18.9 Å². The summed E-state index contributed by atoms with van der Waals surface area (Å²) in [7, 11) is 1.34. The molecule has 0 aliphatic heterocycles. The fourth-order valence-electron chi connectivity index (χ4n) is 1.70. The van der Waals surface area contributed by atoms with E-state index in [1.165, 1.54) is 13.2 Å². The second-order valence-electron chi connectivity index (χ2n) is 4.11. The van der Waals surface area contributed by atoms with Crippen molar-refractivity contribution < 1.29 is 13.9 Å². The van der Waals surface area contributed by atoms with E-state index < -0.39 is 6.04 Å². The first kappa shape index (κ1) is 12.4. The number of anilines is 1. The van der Waals surface area contributed by atoms with Crippen LogP contribution in [0.25, 0.3) is 0 Å². The molecular weight excluding hydrogens is 289 g/mol. The summed E-state index contributed by atoms with van der Waals surface area (Å²) in [5, 5.41) is 2.92. The van der Waals surface area contributed by atoms with Crippen LogP contribution in [0, 0.1) is 11.7 Å². The lowest BCUT2D eigenvalue weighted by molar-refractivity contribution is -0.142. The quantitative estimate of drug-likeness (QED) is 0.869. The van der Waals surface area contributed by atoms with Gasteiger partial charge in [-0.05, 0) is 37.0 Å². The van der Waals surface area contributed by atoms with Gasteiger partial charge >= 0.3 is 5.97 Å². The number of hydrogen-bond donors (Lipinski definition) is 1. The zero-order valence-electron chi connectivity index (χ0n) is 9.37. The van der Waals surface area contributed by atoms with E-state index in [9.17, 15) is 9.18 Å². The predicted molar refractivity (Wildman–Crippen MR) is 66.3 cm³/mol. The number of halogens is 2. The molecule has 2 rings (SSSR count). The molecule has 1 aromatic rings. The van der Waals surface area contributed by atoms with Gasteiger partial charge in [-0.25, -0.2) is 9.18 Å². The third-order valence-electron chi connectivity index (χ3n) is 2.79. The average Bonchev–Trinajstić information content (AvgIpc) is 3.13. The summed E-state index contributed by atoms with van der Waals surface area (Å²) in [6, 6.07) is 4.13. The first-order chi connectivity index (χ1) is 8.11. The average molecular weight is 302 g/mol. The van der Waals surface area contributed by atoms with Crippen LogP contribution in [0.1, 0.15) is 12.8 Å². The largest absolute Gasteiger partial charge is 0.467 e. The fourth-order valence-corrected chi connectivity index (χ4v) is 2.06. The third kappa shape index (κ3) is 2.97. The lowest BCUT2D eigenvalue weighted by Gasteiger charge is -2.17. The molecule has 0 radical (unpaired) electrons. The Labute approximate surface area is 107 Å². The number of hydrogen-bond acceptors (Lipinski definition) is 3. The van der Waals surface area contributed by atoms with Crippen LogP contribution in [0.5, 0.6) is 0 Å². The zero-order chi connectivity index (χ0) is 12.4. The molecule has 0 aromatic heterocycles. The molecule has 1 atom stereocenters. The van der Waals surface area contributed by atoms with Crippen molar-refractivity contribution in [2.24, 2.45) is 5.92 Å². The predicted octanol–water partition coefficient (Wildman–Crippen LogP) is 2.95. The molecule has 17 heavy (non-hydrogen) atoms. The molecule has 1 aromatic carbocycles. The van der Waals surface area contributed by atoms with E-state index in [-0.39, 0.29) is 17.7 Å². The Kier molecular flexibility index (Phi) is 3.66. The van der Waals surface area contributed by atoms with Gasteiger partial charge in [0.15, 0.2) is 0 Å². The summed E-state index contributed by atoms with van der Waals surface area (Å²) in [4.78, 5) is 11.6. The van der Waals surface area contributed by atoms with Crippen molar-refractivity contribution in [3.05, 3.63) is 28.5 Å². The van der Waals surface area contributed by atoms with Crippen LogP contribution in [-0.4, -0.2) is 19.1 Å². The number of carbonyl (C=O) groups is 1. The van der Waals surface area contributed by atoms with E-state index in [0.717, 1.165) is 17.3 Å². The molecule has 0 bridgehead atoms. The number of ether oxygens (including phenoxy) is 1. The Morgan fingerprint density at radius 2 is 2.29 bits per heavy atom. The molecule has 1 unspecified atom stereocenters. The molecule has 0 amide bonds. The standard InChI is InChI=1S/C12H13BrFNO2/c1-17-12(16)11(7-2-3-7)15-10-6-8(13)4-5-9(10)14/h4-7,11,15H,2-3H2,1H3. The molecule has 1 aliphatic rings. The second kappa shape index (κ2) is 5.04. The van der Waals surface area contributed by atoms with Gasteiger partial charge < -0.3 is 10.1 Å². The maximum absolute atomic E-state index is 13.5. The Hall–Kier alpha value is -1.10. The highest BCUT2D eigenvalue weighted by Crippen LogP contribution is 2.35. The molecule has 0 saturated heterocycles. The van der Waals surface area contributed by atoms with Gasteiger partial charge in [0.05, 0.1) is 12.8 Å². The Morgan fingerprint density at radius 1 is 1.59 bits per heavy atom. The van der Waals surface area contributed by atoms with Crippen LogP contribution in [0.2, 0.25) is 0 Å². The van der Waals surface area contributed by atoms with Gasteiger partial charge in [-0.2, -0.15) is 0 Å². The van der Waals surface area contributed by atoms with Gasteiger partial charge in [-0.3, -0.25) is 0 Å². The van der Waals surface area contributed by atoms with E-state index >= 15 is 0 Å². The first-order valence-electron chi connectivity index (χ1n) is 5.41. The molecule has 0 spiro atoms. The lowest BCUT2D eigenvalue weighted by Crippen LogP contribution is -2.33. The van der Waals surface area contributed by atoms with Gasteiger partial charge in [-0.1, -0.05) is 15.9 Å². The lowest BCUT2D eigenvalue weighted by atomic mass is 10.1. The number of benzene rings is 1. The SMILES string of the molecule is COC(=O)C(Nc1cc(Br)ccc1F)C1CC1. The minimum atomic E-state index is -0.455. The fraction of sp³-hybridized carbons (Fsp3) is 0.417. The Balaban J connectivity index is 2.16. The van der Waals surface area contributed by atoms with Gasteiger partial charge in [0, 0.05) is 4.47 Å². The molecule has 3 nitrogen and oxygen atoms in total. The summed E-state index contributed by atoms with van der Waals surface area (Å²) < 4.78 is 19.0. The maximum atomic E-state index is 13.5. The number of esters is 1. The highest BCUT2D eigenvalue weighted by atomic mass is 79.9. The summed E-state index contributed by atoms with van der Waals surface area (Å²) in [6.45, 7) is 0. The first-order valence-corrected chi connectivity index (χ1v) is 6.20.